The summed E-state index contributed by atoms with van der Waals surface area (Å²) < 4.78 is 41.0. The largest absolute Gasteiger partial charge is 0.393 e. The van der Waals surface area contributed by atoms with Gasteiger partial charge in [0.2, 0.25) is 0 Å². The smallest absolute Gasteiger partial charge is 0.260 e. The van der Waals surface area contributed by atoms with Crippen LogP contribution in [0.4, 0.5) is 13.2 Å². The molecular formula is C12H13BrF3NO. The molecule has 1 saturated carbocycles. The molecule has 0 heterocycles. The highest BCUT2D eigenvalue weighted by Gasteiger charge is 2.57. The quantitative estimate of drug-likeness (QED) is 0.898. The zero-order chi connectivity index (χ0) is 13.7. The molecule has 0 spiro atoms. The van der Waals surface area contributed by atoms with Gasteiger partial charge in [-0.2, -0.15) is 0 Å². The molecule has 2 rings (SSSR count). The number of rotatable bonds is 3. The third-order valence-electron chi connectivity index (χ3n) is 3.42. The Balaban J connectivity index is 2.56. The molecule has 1 aliphatic rings. The van der Waals surface area contributed by atoms with E-state index in [2.05, 4.69) is 15.9 Å². The second-order valence-corrected chi connectivity index (χ2v) is 5.64. The zero-order valence-electron chi connectivity index (χ0n) is 9.63. The third kappa shape index (κ3) is 2.06. The van der Waals surface area contributed by atoms with Gasteiger partial charge in [0, 0.05) is 16.0 Å². The molecule has 0 radical (unpaired) electrons. The van der Waals surface area contributed by atoms with E-state index in [9.17, 15) is 18.3 Å². The summed E-state index contributed by atoms with van der Waals surface area (Å²) in [5, 5.41) is 9.35. The summed E-state index contributed by atoms with van der Waals surface area (Å²) in [6, 6.07) is 2.76. The number of benzene rings is 1. The van der Waals surface area contributed by atoms with Gasteiger partial charge in [-0.05, 0) is 31.0 Å². The number of aliphatic hydroxyl groups excluding tert-OH is 1. The monoisotopic (exact) mass is 323 g/mol. The fourth-order valence-corrected chi connectivity index (χ4v) is 2.79. The van der Waals surface area contributed by atoms with Gasteiger partial charge < -0.3 is 10.8 Å². The molecule has 0 saturated heterocycles. The van der Waals surface area contributed by atoms with Crippen molar-refractivity contribution in [3.63, 3.8) is 0 Å². The number of alkyl halides is 2. The van der Waals surface area contributed by atoms with E-state index in [1.54, 1.807) is 0 Å². The molecule has 3 N–H and O–H groups in total. The van der Waals surface area contributed by atoms with Crippen molar-refractivity contribution in [2.75, 3.05) is 0 Å². The summed E-state index contributed by atoms with van der Waals surface area (Å²) in [6.45, 7) is 1.48. The second-order valence-electron chi connectivity index (χ2n) is 4.73. The predicted octanol–water partition coefficient (Wildman–Crippen LogP) is 2.70. The van der Waals surface area contributed by atoms with Gasteiger partial charge in [-0.1, -0.05) is 15.9 Å². The highest BCUT2D eigenvalue weighted by Crippen LogP contribution is 2.48. The van der Waals surface area contributed by atoms with Crippen molar-refractivity contribution in [3.05, 3.63) is 33.5 Å². The zero-order valence-corrected chi connectivity index (χ0v) is 11.2. The first-order valence-electron chi connectivity index (χ1n) is 5.49. The van der Waals surface area contributed by atoms with Gasteiger partial charge in [-0.3, -0.25) is 0 Å². The van der Waals surface area contributed by atoms with Gasteiger partial charge in [0.1, 0.15) is 11.4 Å². The van der Waals surface area contributed by atoms with E-state index in [0.29, 0.717) is 4.47 Å². The highest BCUT2D eigenvalue weighted by atomic mass is 79.9. The van der Waals surface area contributed by atoms with E-state index < -0.39 is 29.8 Å². The lowest BCUT2D eigenvalue weighted by Gasteiger charge is -2.30. The molecule has 0 aliphatic heterocycles. The van der Waals surface area contributed by atoms with Gasteiger partial charge in [0.15, 0.2) is 0 Å². The predicted molar refractivity (Wildman–Crippen MR) is 64.8 cm³/mol. The Bertz CT molecular complexity index is 483. The van der Waals surface area contributed by atoms with Gasteiger partial charge >= 0.3 is 0 Å². The maximum absolute atomic E-state index is 14.0. The maximum Gasteiger partial charge on any atom is 0.260 e. The van der Waals surface area contributed by atoms with Crippen LogP contribution >= 0.6 is 15.9 Å². The van der Waals surface area contributed by atoms with Crippen LogP contribution in [0.15, 0.2) is 16.6 Å². The van der Waals surface area contributed by atoms with E-state index in [-0.39, 0.29) is 17.5 Å². The molecule has 1 unspecified atom stereocenters. The van der Waals surface area contributed by atoms with Crippen molar-refractivity contribution >= 4 is 15.9 Å². The molecule has 0 aromatic heterocycles. The summed E-state index contributed by atoms with van der Waals surface area (Å²) in [7, 11) is 0. The average Bonchev–Trinajstić information content (AvgIpc) is 3.00. The minimum absolute atomic E-state index is 0.172. The van der Waals surface area contributed by atoms with Crippen LogP contribution in [0.3, 0.4) is 0 Å². The molecule has 1 aromatic carbocycles. The molecule has 2 nitrogen and oxygen atoms in total. The summed E-state index contributed by atoms with van der Waals surface area (Å²) in [5.74, 6) is -1.54. The van der Waals surface area contributed by atoms with Gasteiger partial charge in [-0.15, -0.1) is 0 Å². The first-order valence-corrected chi connectivity index (χ1v) is 6.29. The molecule has 1 aliphatic carbocycles. The van der Waals surface area contributed by atoms with E-state index in [0.717, 1.165) is 0 Å². The number of halogens is 4. The van der Waals surface area contributed by atoms with Crippen molar-refractivity contribution in [1.29, 1.82) is 0 Å². The SMILES string of the molecule is Cc1cc(Br)cc([C@](N)(C(F)F)[C@H]2CC2O)c1F. The fourth-order valence-electron chi connectivity index (χ4n) is 2.21. The molecule has 100 valence electrons. The fraction of sp³-hybridized carbons (Fsp3) is 0.500. The summed E-state index contributed by atoms with van der Waals surface area (Å²) in [5.41, 5.74) is 3.58. The van der Waals surface area contributed by atoms with Crippen LogP contribution in [0.1, 0.15) is 17.5 Å². The van der Waals surface area contributed by atoms with Crippen LogP contribution in [-0.4, -0.2) is 17.6 Å². The third-order valence-corrected chi connectivity index (χ3v) is 3.88. The lowest BCUT2D eigenvalue weighted by Crippen LogP contribution is -2.48. The summed E-state index contributed by atoms with van der Waals surface area (Å²) in [6.07, 6.45) is -3.66. The highest BCUT2D eigenvalue weighted by molar-refractivity contribution is 9.10. The number of hydrogen-bond acceptors (Lipinski definition) is 2. The average molecular weight is 324 g/mol. The van der Waals surface area contributed by atoms with Crippen LogP contribution in [0.2, 0.25) is 0 Å². The Morgan fingerprint density at radius 3 is 2.50 bits per heavy atom. The molecule has 1 aromatic rings. The molecule has 18 heavy (non-hydrogen) atoms. The lowest BCUT2D eigenvalue weighted by atomic mass is 9.85. The molecular weight excluding hydrogens is 311 g/mol. The second kappa shape index (κ2) is 4.51. The van der Waals surface area contributed by atoms with E-state index in [4.69, 9.17) is 5.73 Å². The lowest BCUT2D eigenvalue weighted by molar-refractivity contribution is 0.0261. The number of aryl methyl sites for hydroxylation is 1. The minimum atomic E-state index is -2.94. The van der Waals surface area contributed by atoms with Crippen molar-refractivity contribution < 1.29 is 18.3 Å². The number of nitrogens with two attached hydrogens (primary N) is 1. The van der Waals surface area contributed by atoms with Crippen LogP contribution in [0, 0.1) is 18.7 Å². The van der Waals surface area contributed by atoms with E-state index >= 15 is 0 Å². The molecule has 6 heteroatoms. The maximum atomic E-state index is 14.0. The van der Waals surface area contributed by atoms with Crippen molar-refractivity contribution in [2.24, 2.45) is 11.7 Å². The van der Waals surface area contributed by atoms with Gasteiger partial charge in [0.05, 0.1) is 6.10 Å². The Hall–Kier alpha value is -0.590. The van der Waals surface area contributed by atoms with Crippen LogP contribution in [0.25, 0.3) is 0 Å². The minimum Gasteiger partial charge on any atom is -0.393 e. The molecule has 3 atom stereocenters. The Kier molecular flexibility index (Phi) is 3.46. The van der Waals surface area contributed by atoms with Crippen LogP contribution < -0.4 is 5.73 Å². The number of aliphatic hydroxyl groups is 1. The van der Waals surface area contributed by atoms with Crippen molar-refractivity contribution in [3.8, 4) is 0 Å². The van der Waals surface area contributed by atoms with Crippen molar-refractivity contribution in [2.45, 2.75) is 31.4 Å². The normalized spacial score (nSPS) is 26.2. The summed E-state index contributed by atoms with van der Waals surface area (Å²) >= 11 is 3.14. The topological polar surface area (TPSA) is 46.2 Å². The first kappa shape index (κ1) is 13.8. The van der Waals surface area contributed by atoms with E-state index in [1.165, 1.54) is 19.1 Å². The van der Waals surface area contributed by atoms with E-state index in [1.807, 2.05) is 0 Å². The van der Waals surface area contributed by atoms with Crippen LogP contribution in [-0.2, 0) is 5.54 Å². The standard InChI is InChI=1S/C12H13BrF3NO/c1-5-2-6(13)3-8(10(5)14)12(17,11(15)16)7-4-9(7)18/h2-3,7,9,11,18H,4,17H2,1H3/t7-,9?,12-/m0/s1. The Morgan fingerprint density at radius 1 is 1.50 bits per heavy atom. The van der Waals surface area contributed by atoms with Gasteiger partial charge in [-0.25, -0.2) is 13.2 Å². The van der Waals surface area contributed by atoms with Gasteiger partial charge in [0.25, 0.3) is 6.43 Å². The number of hydrogen-bond donors (Lipinski definition) is 2. The van der Waals surface area contributed by atoms with Crippen LogP contribution in [0.5, 0.6) is 0 Å². The first-order chi connectivity index (χ1) is 8.28. The Morgan fingerprint density at radius 2 is 2.06 bits per heavy atom. The van der Waals surface area contributed by atoms with Crippen molar-refractivity contribution in [1.82, 2.24) is 0 Å². The molecule has 0 bridgehead atoms. The molecule has 1 fully saturated rings. The Labute approximate surface area is 111 Å². The molecule has 0 amide bonds. The summed E-state index contributed by atoms with van der Waals surface area (Å²) in [4.78, 5) is 0.